The minimum Gasteiger partial charge on any atom is -0.490 e. The van der Waals surface area contributed by atoms with Crippen molar-refractivity contribution in [3.63, 3.8) is 0 Å². The molecule has 1 N–H and O–H groups in total. The fraction of sp³-hybridized carbons (Fsp3) is 0.538. The van der Waals surface area contributed by atoms with Crippen molar-refractivity contribution >= 4 is 9.84 Å². The van der Waals surface area contributed by atoms with E-state index in [4.69, 9.17) is 9.47 Å². The lowest BCUT2D eigenvalue weighted by atomic mass is 10.3. The standard InChI is InChI=1S/C13H19NO4S/c1-2-14-6-9-19(15,16)11-4-5-12-13(10-11)18-8-3-7-17-12/h4-5,10,14H,2-3,6-9H2,1H3. The molecule has 6 heteroatoms. The number of ether oxygens (including phenoxy) is 2. The fourth-order valence-electron chi connectivity index (χ4n) is 1.84. The van der Waals surface area contributed by atoms with Crippen molar-refractivity contribution in [1.29, 1.82) is 0 Å². The van der Waals surface area contributed by atoms with Gasteiger partial charge in [0, 0.05) is 19.0 Å². The molecule has 0 aliphatic carbocycles. The molecule has 0 bridgehead atoms. The summed E-state index contributed by atoms with van der Waals surface area (Å²) in [6, 6.07) is 4.80. The van der Waals surface area contributed by atoms with Gasteiger partial charge in [-0.05, 0) is 18.7 Å². The summed E-state index contributed by atoms with van der Waals surface area (Å²) in [5, 5.41) is 3.01. The van der Waals surface area contributed by atoms with Gasteiger partial charge in [0.1, 0.15) is 0 Å². The number of sulfone groups is 1. The predicted octanol–water partition coefficient (Wildman–Crippen LogP) is 1.23. The average Bonchev–Trinajstić information content (AvgIpc) is 2.63. The highest BCUT2D eigenvalue weighted by atomic mass is 32.2. The van der Waals surface area contributed by atoms with Crippen LogP contribution in [0.15, 0.2) is 23.1 Å². The highest BCUT2D eigenvalue weighted by molar-refractivity contribution is 7.91. The van der Waals surface area contributed by atoms with Gasteiger partial charge in [0.25, 0.3) is 0 Å². The van der Waals surface area contributed by atoms with Gasteiger partial charge in [0.2, 0.25) is 0 Å². The molecule has 0 spiro atoms. The molecule has 5 nitrogen and oxygen atoms in total. The van der Waals surface area contributed by atoms with Crippen LogP contribution in [0.2, 0.25) is 0 Å². The van der Waals surface area contributed by atoms with Gasteiger partial charge in [-0.3, -0.25) is 0 Å². The molecular formula is C13H19NO4S. The highest BCUT2D eigenvalue weighted by Crippen LogP contribution is 2.32. The van der Waals surface area contributed by atoms with E-state index in [1.807, 2.05) is 6.92 Å². The Hall–Kier alpha value is -1.27. The Morgan fingerprint density at radius 2 is 1.95 bits per heavy atom. The monoisotopic (exact) mass is 285 g/mol. The van der Waals surface area contributed by atoms with E-state index in [1.165, 1.54) is 0 Å². The summed E-state index contributed by atoms with van der Waals surface area (Å²) in [7, 11) is -3.28. The van der Waals surface area contributed by atoms with E-state index in [1.54, 1.807) is 18.2 Å². The van der Waals surface area contributed by atoms with Crippen LogP contribution in [0.25, 0.3) is 0 Å². The van der Waals surface area contributed by atoms with Crippen LogP contribution >= 0.6 is 0 Å². The summed E-state index contributed by atoms with van der Waals surface area (Å²) in [5.41, 5.74) is 0. The molecular weight excluding hydrogens is 266 g/mol. The highest BCUT2D eigenvalue weighted by Gasteiger charge is 2.18. The Kier molecular flexibility index (Phi) is 4.66. The van der Waals surface area contributed by atoms with Crippen LogP contribution in [0, 0.1) is 0 Å². The first-order valence-electron chi connectivity index (χ1n) is 6.46. The molecule has 19 heavy (non-hydrogen) atoms. The molecule has 1 aromatic carbocycles. The Labute approximate surface area is 113 Å². The summed E-state index contributed by atoms with van der Waals surface area (Å²) < 4.78 is 35.3. The SMILES string of the molecule is CCNCCS(=O)(=O)c1ccc2c(c1)OCCCO2. The van der Waals surface area contributed by atoms with Crippen molar-refractivity contribution in [3.8, 4) is 11.5 Å². The van der Waals surface area contributed by atoms with E-state index in [0.29, 0.717) is 31.3 Å². The Morgan fingerprint density at radius 3 is 2.68 bits per heavy atom. The molecule has 1 aromatic rings. The molecule has 0 amide bonds. The molecule has 0 saturated heterocycles. The molecule has 0 radical (unpaired) electrons. The third-order valence-corrected chi connectivity index (χ3v) is 4.59. The molecule has 0 unspecified atom stereocenters. The van der Waals surface area contributed by atoms with E-state index in [9.17, 15) is 8.42 Å². The van der Waals surface area contributed by atoms with Gasteiger partial charge in [-0.2, -0.15) is 0 Å². The molecule has 0 fully saturated rings. The quantitative estimate of drug-likeness (QED) is 0.824. The second kappa shape index (κ2) is 6.25. The van der Waals surface area contributed by atoms with Crippen molar-refractivity contribution in [2.45, 2.75) is 18.2 Å². The largest absolute Gasteiger partial charge is 0.490 e. The first-order chi connectivity index (χ1) is 9.13. The number of fused-ring (bicyclic) bond motifs is 1. The minimum absolute atomic E-state index is 0.0838. The van der Waals surface area contributed by atoms with Crippen molar-refractivity contribution in [2.75, 3.05) is 32.1 Å². The lowest BCUT2D eigenvalue weighted by Gasteiger charge is -2.10. The van der Waals surface area contributed by atoms with Crippen LogP contribution in [-0.2, 0) is 9.84 Å². The van der Waals surface area contributed by atoms with Crippen LogP contribution in [0.5, 0.6) is 11.5 Å². The average molecular weight is 285 g/mol. The molecule has 1 aliphatic heterocycles. The number of hydrogen-bond acceptors (Lipinski definition) is 5. The van der Waals surface area contributed by atoms with Gasteiger partial charge in [0.15, 0.2) is 21.3 Å². The zero-order chi connectivity index (χ0) is 13.7. The second-order valence-electron chi connectivity index (χ2n) is 4.33. The van der Waals surface area contributed by atoms with E-state index in [2.05, 4.69) is 5.32 Å². The summed E-state index contributed by atoms with van der Waals surface area (Å²) in [6.07, 6.45) is 0.803. The molecule has 0 aromatic heterocycles. The molecule has 2 rings (SSSR count). The van der Waals surface area contributed by atoms with Crippen LogP contribution in [0.4, 0.5) is 0 Å². The maximum atomic E-state index is 12.1. The number of nitrogens with one attached hydrogen (secondary N) is 1. The lowest BCUT2D eigenvalue weighted by molar-refractivity contribution is 0.297. The topological polar surface area (TPSA) is 64.6 Å². The summed E-state index contributed by atoms with van der Waals surface area (Å²) >= 11 is 0. The van der Waals surface area contributed by atoms with Gasteiger partial charge in [0.05, 0.1) is 23.9 Å². The van der Waals surface area contributed by atoms with Gasteiger partial charge >= 0.3 is 0 Å². The normalized spacial score (nSPS) is 15.0. The van der Waals surface area contributed by atoms with Gasteiger partial charge in [-0.25, -0.2) is 8.42 Å². The number of benzene rings is 1. The Bertz CT molecular complexity index is 527. The smallest absolute Gasteiger partial charge is 0.179 e. The van der Waals surface area contributed by atoms with Crippen LogP contribution in [-0.4, -0.2) is 40.5 Å². The zero-order valence-electron chi connectivity index (χ0n) is 11.0. The van der Waals surface area contributed by atoms with Crippen LogP contribution in [0.1, 0.15) is 13.3 Å². The fourth-order valence-corrected chi connectivity index (χ4v) is 3.05. The van der Waals surface area contributed by atoms with Crippen molar-refractivity contribution < 1.29 is 17.9 Å². The van der Waals surface area contributed by atoms with Crippen molar-refractivity contribution in [2.24, 2.45) is 0 Å². The summed E-state index contributed by atoms with van der Waals surface area (Å²) in [4.78, 5) is 0.287. The molecule has 0 saturated carbocycles. The first kappa shape index (κ1) is 14.1. The van der Waals surface area contributed by atoms with Crippen molar-refractivity contribution in [1.82, 2.24) is 5.32 Å². The zero-order valence-corrected chi connectivity index (χ0v) is 11.8. The van der Waals surface area contributed by atoms with Gasteiger partial charge < -0.3 is 14.8 Å². The minimum atomic E-state index is -3.28. The summed E-state index contributed by atoms with van der Waals surface area (Å²) in [5.74, 6) is 1.21. The van der Waals surface area contributed by atoms with Gasteiger partial charge in [-0.15, -0.1) is 0 Å². The molecule has 1 heterocycles. The number of rotatable bonds is 5. The molecule has 0 atom stereocenters. The van der Waals surface area contributed by atoms with Crippen molar-refractivity contribution in [3.05, 3.63) is 18.2 Å². The molecule has 1 aliphatic rings. The Morgan fingerprint density at radius 1 is 1.21 bits per heavy atom. The maximum Gasteiger partial charge on any atom is 0.179 e. The first-order valence-corrected chi connectivity index (χ1v) is 8.12. The lowest BCUT2D eigenvalue weighted by Crippen LogP contribution is -2.22. The predicted molar refractivity (Wildman–Crippen MR) is 72.6 cm³/mol. The summed E-state index contributed by atoms with van der Waals surface area (Å²) in [6.45, 7) is 4.30. The van der Waals surface area contributed by atoms with E-state index < -0.39 is 9.84 Å². The van der Waals surface area contributed by atoms with Crippen LogP contribution in [0.3, 0.4) is 0 Å². The third-order valence-electron chi connectivity index (χ3n) is 2.88. The van der Waals surface area contributed by atoms with E-state index in [-0.39, 0.29) is 10.6 Å². The second-order valence-corrected chi connectivity index (χ2v) is 6.44. The number of hydrogen-bond donors (Lipinski definition) is 1. The maximum absolute atomic E-state index is 12.1. The van der Waals surface area contributed by atoms with E-state index in [0.717, 1.165) is 13.0 Å². The van der Waals surface area contributed by atoms with Crippen LogP contribution < -0.4 is 14.8 Å². The van der Waals surface area contributed by atoms with Gasteiger partial charge in [-0.1, -0.05) is 6.92 Å². The van der Waals surface area contributed by atoms with E-state index >= 15 is 0 Å². The molecule has 106 valence electrons. The Balaban J connectivity index is 2.18. The third kappa shape index (κ3) is 3.61.